The fraction of sp³-hybridized carbons (Fsp3) is 0.222. The molecule has 1 saturated heterocycles. The zero-order valence-electron chi connectivity index (χ0n) is 14.6. The summed E-state index contributed by atoms with van der Waals surface area (Å²) >= 11 is 0. The molecule has 7 nitrogen and oxygen atoms in total. The Morgan fingerprint density at radius 1 is 1.00 bits per heavy atom. The van der Waals surface area contributed by atoms with Gasteiger partial charge in [-0.3, -0.25) is 0 Å². The number of hydrogen-bond acceptors (Lipinski definition) is 7. The second kappa shape index (κ2) is 6.95. The molecule has 0 unspecified atom stereocenters. The van der Waals surface area contributed by atoms with Crippen molar-refractivity contribution >= 4 is 29.6 Å². The van der Waals surface area contributed by atoms with E-state index in [1.165, 1.54) is 44.2 Å². The lowest BCUT2D eigenvalue weighted by atomic mass is 10.2. The molecule has 0 radical (unpaired) electrons. The summed E-state index contributed by atoms with van der Waals surface area (Å²) < 4.78 is 55.6. The molecule has 0 bridgehead atoms. The largest absolute Gasteiger partial charge is 0.573 e. The van der Waals surface area contributed by atoms with Gasteiger partial charge >= 0.3 is 18.3 Å². The smallest absolute Gasteiger partial charge is 0.441 e. The van der Waals surface area contributed by atoms with Gasteiger partial charge in [-0.1, -0.05) is 0 Å². The minimum absolute atomic E-state index is 0.170. The molecule has 1 aromatic heterocycles. The second-order valence-electron chi connectivity index (χ2n) is 6.14. The summed E-state index contributed by atoms with van der Waals surface area (Å²) in [6.45, 7) is 2.86. The Hall–Kier alpha value is -3.43. The Morgan fingerprint density at radius 3 is 2.18 bits per heavy atom. The van der Waals surface area contributed by atoms with Crippen molar-refractivity contribution in [2.75, 3.05) is 5.32 Å². The van der Waals surface area contributed by atoms with Gasteiger partial charge in [0.2, 0.25) is 0 Å². The van der Waals surface area contributed by atoms with Crippen LogP contribution in [0.4, 0.5) is 24.7 Å². The minimum Gasteiger partial charge on any atom is -0.441 e. The molecular weight excluding hydrogens is 383 g/mol. The van der Waals surface area contributed by atoms with Crippen LogP contribution in [0.5, 0.6) is 5.75 Å². The number of esters is 2. The third-order valence-electron chi connectivity index (χ3n) is 3.39. The molecular formula is C18H14F3NO6. The molecule has 148 valence electrons. The fourth-order valence-electron chi connectivity index (χ4n) is 2.30. The quantitative estimate of drug-likeness (QED) is 0.471. The predicted octanol–water partition coefficient (Wildman–Crippen LogP) is 4.14. The zero-order chi connectivity index (χ0) is 20.5. The number of hydrogen-bond donors (Lipinski definition) is 1. The molecule has 1 aliphatic heterocycles. The van der Waals surface area contributed by atoms with Gasteiger partial charge in [-0.15, -0.1) is 13.2 Å². The van der Waals surface area contributed by atoms with E-state index in [-0.39, 0.29) is 23.0 Å². The summed E-state index contributed by atoms with van der Waals surface area (Å²) in [5, 5.41) is 2.82. The first-order valence-corrected chi connectivity index (χ1v) is 7.92. The lowest BCUT2D eigenvalue weighted by molar-refractivity contribution is -0.274. The summed E-state index contributed by atoms with van der Waals surface area (Å²) in [4.78, 5) is 23.8. The average molecular weight is 397 g/mol. The molecule has 10 heteroatoms. The number of rotatable bonds is 4. The van der Waals surface area contributed by atoms with E-state index < -0.39 is 24.1 Å². The number of carbonyl (C=O) groups is 2. The predicted molar refractivity (Wildman–Crippen MR) is 89.4 cm³/mol. The minimum atomic E-state index is -4.77. The van der Waals surface area contributed by atoms with Crippen molar-refractivity contribution in [1.82, 2.24) is 0 Å². The third kappa shape index (κ3) is 4.84. The Morgan fingerprint density at radius 2 is 1.61 bits per heavy atom. The van der Waals surface area contributed by atoms with E-state index in [4.69, 9.17) is 13.9 Å². The Bertz CT molecular complexity index is 906. The molecule has 0 amide bonds. The van der Waals surface area contributed by atoms with Gasteiger partial charge in [0.15, 0.2) is 5.88 Å². The van der Waals surface area contributed by atoms with Crippen molar-refractivity contribution in [3.05, 3.63) is 47.7 Å². The van der Waals surface area contributed by atoms with E-state index in [1.54, 1.807) is 0 Å². The van der Waals surface area contributed by atoms with Crippen LogP contribution < -0.4 is 10.1 Å². The molecule has 1 N–H and O–H groups in total. The van der Waals surface area contributed by atoms with Crippen LogP contribution in [0.3, 0.4) is 0 Å². The number of cyclic esters (lactones) is 2. The molecule has 0 saturated carbocycles. The highest BCUT2D eigenvalue weighted by Gasteiger charge is 2.39. The van der Waals surface area contributed by atoms with E-state index in [1.807, 2.05) is 0 Å². The molecule has 0 spiro atoms. The highest BCUT2D eigenvalue weighted by molar-refractivity contribution is 6.18. The van der Waals surface area contributed by atoms with E-state index in [2.05, 4.69) is 10.1 Å². The van der Waals surface area contributed by atoms with Gasteiger partial charge in [-0.25, -0.2) is 9.59 Å². The van der Waals surface area contributed by atoms with Gasteiger partial charge in [0, 0.05) is 31.7 Å². The second-order valence-corrected chi connectivity index (χ2v) is 6.14. The number of ether oxygens (including phenoxy) is 3. The number of furan rings is 1. The lowest BCUT2D eigenvalue weighted by Crippen LogP contribution is -2.41. The van der Waals surface area contributed by atoms with Gasteiger partial charge in [0.1, 0.15) is 17.1 Å². The molecule has 3 rings (SSSR count). The first kappa shape index (κ1) is 19.3. The van der Waals surface area contributed by atoms with E-state index in [0.29, 0.717) is 5.69 Å². The van der Waals surface area contributed by atoms with Gasteiger partial charge in [0.05, 0.1) is 0 Å². The summed E-state index contributed by atoms with van der Waals surface area (Å²) in [6, 6.07) is 7.99. The van der Waals surface area contributed by atoms with Crippen molar-refractivity contribution in [3.8, 4) is 5.75 Å². The van der Waals surface area contributed by atoms with Crippen LogP contribution in [0.1, 0.15) is 19.6 Å². The van der Waals surface area contributed by atoms with Crippen LogP contribution in [-0.2, 0) is 19.1 Å². The molecule has 0 atom stereocenters. The molecule has 1 aliphatic rings. The molecule has 2 heterocycles. The van der Waals surface area contributed by atoms with E-state index >= 15 is 0 Å². The Balaban J connectivity index is 1.69. The SMILES string of the molecule is CC1(C)OC(=O)C(=Cc2ccc(Nc3ccc(OC(F)(F)F)cc3)o2)C(=O)O1. The fourth-order valence-corrected chi connectivity index (χ4v) is 2.30. The normalized spacial score (nSPS) is 16.2. The summed E-state index contributed by atoms with van der Waals surface area (Å²) in [5.74, 6) is -2.99. The topological polar surface area (TPSA) is 87.0 Å². The number of halogens is 3. The first-order valence-electron chi connectivity index (χ1n) is 7.92. The first-order chi connectivity index (χ1) is 13.0. The van der Waals surface area contributed by atoms with E-state index in [9.17, 15) is 22.8 Å². The number of carbonyl (C=O) groups excluding carboxylic acids is 2. The van der Waals surface area contributed by atoms with Crippen molar-refractivity contribution in [2.45, 2.75) is 26.0 Å². The van der Waals surface area contributed by atoms with E-state index in [0.717, 1.165) is 12.1 Å². The monoisotopic (exact) mass is 397 g/mol. The van der Waals surface area contributed by atoms with Crippen LogP contribution >= 0.6 is 0 Å². The van der Waals surface area contributed by atoms with Crippen LogP contribution in [-0.4, -0.2) is 24.1 Å². The van der Waals surface area contributed by atoms with Gasteiger partial charge < -0.3 is 23.9 Å². The van der Waals surface area contributed by atoms with Crippen molar-refractivity contribution in [2.24, 2.45) is 0 Å². The lowest BCUT2D eigenvalue weighted by Gasteiger charge is -2.29. The molecule has 28 heavy (non-hydrogen) atoms. The average Bonchev–Trinajstić information content (AvgIpc) is 2.98. The maximum atomic E-state index is 12.2. The van der Waals surface area contributed by atoms with Gasteiger partial charge in [0.25, 0.3) is 5.79 Å². The van der Waals surface area contributed by atoms with Crippen molar-refractivity contribution in [1.29, 1.82) is 0 Å². The standard InChI is InChI=1S/C18H14F3NO6/c1-17(2)27-15(23)13(16(24)28-17)9-12-7-8-14(25-12)22-10-3-5-11(6-4-10)26-18(19,20)21/h3-9,22H,1-2H3. The van der Waals surface area contributed by atoms with Gasteiger partial charge in [-0.2, -0.15) is 0 Å². The summed E-state index contributed by atoms with van der Waals surface area (Å²) in [6.07, 6.45) is -3.60. The van der Waals surface area contributed by atoms with Gasteiger partial charge in [-0.05, 0) is 30.3 Å². The number of alkyl halides is 3. The highest BCUT2D eigenvalue weighted by atomic mass is 19.4. The summed E-state index contributed by atoms with van der Waals surface area (Å²) in [5.41, 5.74) is 0.107. The summed E-state index contributed by atoms with van der Waals surface area (Å²) in [7, 11) is 0. The molecule has 0 aliphatic carbocycles. The highest BCUT2D eigenvalue weighted by Crippen LogP contribution is 2.28. The number of benzene rings is 1. The Kier molecular flexibility index (Phi) is 4.80. The number of nitrogens with one attached hydrogen (secondary N) is 1. The van der Waals surface area contributed by atoms with Crippen LogP contribution in [0, 0.1) is 0 Å². The van der Waals surface area contributed by atoms with Crippen molar-refractivity contribution in [3.63, 3.8) is 0 Å². The van der Waals surface area contributed by atoms with Crippen LogP contribution in [0.2, 0.25) is 0 Å². The molecule has 1 fully saturated rings. The van der Waals surface area contributed by atoms with Crippen molar-refractivity contribution < 1.29 is 41.4 Å². The Labute approximate surface area is 156 Å². The zero-order valence-corrected chi connectivity index (χ0v) is 14.6. The maximum Gasteiger partial charge on any atom is 0.573 e. The van der Waals surface area contributed by atoms with Crippen LogP contribution in [0.15, 0.2) is 46.4 Å². The van der Waals surface area contributed by atoms with Crippen LogP contribution in [0.25, 0.3) is 6.08 Å². The maximum absolute atomic E-state index is 12.2. The molecule has 2 aromatic rings. The molecule has 1 aromatic carbocycles. The number of anilines is 2. The third-order valence-corrected chi connectivity index (χ3v) is 3.39.